The number of unbranched alkanes of at least 4 members (excludes halogenated alkanes) is 2. The molecule has 0 N–H and O–H groups in total. The summed E-state index contributed by atoms with van der Waals surface area (Å²) in [6.45, 7) is 3.11. The van der Waals surface area contributed by atoms with Crippen LogP contribution in [0.1, 0.15) is 38.2 Å². The van der Waals surface area contributed by atoms with Crippen molar-refractivity contribution in [1.82, 2.24) is 4.90 Å². The van der Waals surface area contributed by atoms with Gasteiger partial charge in [-0.1, -0.05) is 31.9 Å². The molecule has 0 radical (unpaired) electrons. The van der Waals surface area contributed by atoms with Crippen LogP contribution >= 0.6 is 0 Å². The summed E-state index contributed by atoms with van der Waals surface area (Å²) in [6.07, 6.45) is 3.38. The molecule has 1 aliphatic rings. The maximum absolute atomic E-state index is 13.0. The van der Waals surface area contributed by atoms with Gasteiger partial charge in [0.2, 0.25) is 5.91 Å². The van der Waals surface area contributed by atoms with Gasteiger partial charge in [-0.2, -0.15) is 0 Å². The maximum atomic E-state index is 13.0. The van der Waals surface area contributed by atoms with Crippen molar-refractivity contribution in [3.63, 3.8) is 0 Å². The number of carbonyl (C=O) groups excluding carboxylic acids is 1. The number of hydrogen-bond acceptors (Lipinski definition) is 3. The largest absolute Gasteiger partial charge is 0.338 e. The maximum Gasteiger partial charge on any atom is 0.227 e. The highest BCUT2D eigenvalue weighted by Crippen LogP contribution is 2.22. The van der Waals surface area contributed by atoms with Crippen molar-refractivity contribution in [2.45, 2.75) is 39.2 Å². The summed E-state index contributed by atoms with van der Waals surface area (Å²) < 4.78 is 36.2. The van der Waals surface area contributed by atoms with E-state index in [9.17, 15) is 17.6 Å². The molecule has 0 spiro atoms. The van der Waals surface area contributed by atoms with Gasteiger partial charge in [-0.25, -0.2) is 12.8 Å². The number of amides is 1. The molecule has 1 unspecified atom stereocenters. The van der Waals surface area contributed by atoms with E-state index in [2.05, 4.69) is 6.92 Å². The number of carbonyl (C=O) groups is 1. The fraction of sp³-hybridized carbons (Fsp3) is 0.588. The van der Waals surface area contributed by atoms with Crippen molar-refractivity contribution in [3.05, 3.63) is 35.6 Å². The zero-order chi connectivity index (χ0) is 16.9. The predicted octanol–water partition coefficient (Wildman–Crippen LogP) is 2.78. The zero-order valence-corrected chi connectivity index (χ0v) is 14.3. The Kier molecular flexibility index (Phi) is 6.16. The van der Waals surface area contributed by atoms with Crippen LogP contribution in [0.5, 0.6) is 0 Å². The van der Waals surface area contributed by atoms with E-state index in [-0.39, 0.29) is 23.2 Å². The van der Waals surface area contributed by atoms with E-state index < -0.39 is 15.8 Å². The van der Waals surface area contributed by atoms with E-state index in [0.29, 0.717) is 19.5 Å². The van der Waals surface area contributed by atoms with Crippen LogP contribution in [0.3, 0.4) is 0 Å². The van der Waals surface area contributed by atoms with Gasteiger partial charge in [0.1, 0.15) is 5.82 Å². The van der Waals surface area contributed by atoms with Gasteiger partial charge in [0.05, 0.1) is 17.4 Å². The van der Waals surface area contributed by atoms with Crippen LogP contribution in [0.2, 0.25) is 0 Å². The van der Waals surface area contributed by atoms with E-state index in [1.165, 1.54) is 12.1 Å². The molecule has 2 rings (SSSR count). The third-order valence-electron chi connectivity index (χ3n) is 4.21. The average molecular weight is 341 g/mol. The third-order valence-corrected chi connectivity index (χ3v) is 5.98. The second-order valence-electron chi connectivity index (χ2n) is 6.19. The summed E-state index contributed by atoms with van der Waals surface area (Å²) in [5.41, 5.74) is 0.858. The molecule has 6 heteroatoms. The van der Waals surface area contributed by atoms with Crippen LogP contribution in [0, 0.1) is 11.7 Å². The van der Waals surface area contributed by atoms with E-state index >= 15 is 0 Å². The van der Waals surface area contributed by atoms with Gasteiger partial charge in [0.15, 0.2) is 9.84 Å². The molecule has 1 heterocycles. The van der Waals surface area contributed by atoms with Crippen molar-refractivity contribution in [2.24, 2.45) is 5.92 Å². The Bertz CT molecular complexity index is 628. The molecule has 0 aromatic heterocycles. The van der Waals surface area contributed by atoms with Crippen LogP contribution in [0.15, 0.2) is 24.3 Å². The summed E-state index contributed by atoms with van der Waals surface area (Å²) in [5.74, 6) is -0.768. The molecule has 1 saturated heterocycles. The van der Waals surface area contributed by atoms with Gasteiger partial charge in [-0.15, -0.1) is 0 Å². The molecule has 1 atom stereocenters. The molecular formula is C17H24FNO3S. The minimum atomic E-state index is -3.07. The van der Waals surface area contributed by atoms with Gasteiger partial charge in [-0.3, -0.25) is 4.79 Å². The van der Waals surface area contributed by atoms with E-state index in [1.807, 2.05) is 0 Å². The third kappa shape index (κ3) is 5.30. The van der Waals surface area contributed by atoms with Gasteiger partial charge >= 0.3 is 0 Å². The number of sulfone groups is 1. The average Bonchev–Trinajstić information content (AvgIpc) is 2.88. The summed E-state index contributed by atoms with van der Waals surface area (Å²) in [4.78, 5) is 14.4. The molecule has 1 aliphatic heterocycles. The van der Waals surface area contributed by atoms with Crippen molar-refractivity contribution in [1.29, 1.82) is 0 Å². The first-order chi connectivity index (χ1) is 10.9. The highest BCUT2D eigenvalue weighted by molar-refractivity contribution is 7.91. The molecule has 0 aliphatic carbocycles. The lowest BCUT2D eigenvalue weighted by Gasteiger charge is -2.25. The molecule has 0 saturated carbocycles. The van der Waals surface area contributed by atoms with Gasteiger partial charge in [0.25, 0.3) is 0 Å². The molecular weight excluding hydrogens is 317 g/mol. The lowest BCUT2D eigenvalue weighted by molar-refractivity contribution is -0.135. The molecule has 1 amide bonds. The molecule has 1 fully saturated rings. The Labute approximate surface area is 137 Å². The number of hydrogen-bond donors (Lipinski definition) is 0. The summed E-state index contributed by atoms with van der Waals surface area (Å²) in [5, 5.41) is 0. The minimum absolute atomic E-state index is 0.0421. The Morgan fingerprint density at radius 1 is 1.26 bits per heavy atom. The quantitative estimate of drug-likeness (QED) is 0.717. The first-order valence-electron chi connectivity index (χ1n) is 8.15. The Morgan fingerprint density at radius 2 is 1.96 bits per heavy atom. The standard InChI is InChI=1S/C17H24FNO3S/c1-2-3-4-10-19(12-14-5-7-16(18)8-6-14)17(20)15-9-11-23(21,22)13-15/h5-8,15H,2-4,9-13H2,1H3. The van der Waals surface area contributed by atoms with E-state index in [1.54, 1.807) is 17.0 Å². The monoisotopic (exact) mass is 341 g/mol. The fourth-order valence-corrected chi connectivity index (χ4v) is 4.61. The normalized spacial score (nSPS) is 19.7. The van der Waals surface area contributed by atoms with Crippen LogP contribution in [-0.2, 0) is 21.2 Å². The second-order valence-corrected chi connectivity index (χ2v) is 8.42. The van der Waals surface area contributed by atoms with Crippen LogP contribution in [0.4, 0.5) is 4.39 Å². The molecule has 1 aromatic carbocycles. The van der Waals surface area contributed by atoms with Crippen LogP contribution < -0.4 is 0 Å². The Balaban J connectivity index is 2.06. The van der Waals surface area contributed by atoms with E-state index in [4.69, 9.17) is 0 Å². The molecule has 1 aromatic rings. The zero-order valence-electron chi connectivity index (χ0n) is 13.5. The van der Waals surface area contributed by atoms with Gasteiger partial charge in [0, 0.05) is 13.1 Å². The van der Waals surface area contributed by atoms with Crippen molar-refractivity contribution in [2.75, 3.05) is 18.1 Å². The Morgan fingerprint density at radius 3 is 2.52 bits per heavy atom. The van der Waals surface area contributed by atoms with Crippen molar-refractivity contribution in [3.8, 4) is 0 Å². The SMILES string of the molecule is CCCCCN(Cc1ccc(F)cc1)C(=O)C1CCS(=O)(=O)C1. The summed E-state index contributed by atoms with van der Waals surface area (Å²) >= 11 is 0. The number of halogens is 1. The van der Waals surface area contributed by atoms with Crippen LogP contribution in [-0.4, -0.2) is 37.3 Å². The fourth-order valence-electron chi connectivity index (χ4n) is 2.88. The topological polar surface area (TPSA) is 54.5 Å². The van der Waals surface area contributed by atoms with E-state index in [0.717, 1.165) is 24.8 Å². The Hall–Kier alpha value is -1.43. The summed E-state index contributed by atoms with van der Waals surface area (Å²) in [6, 6.07) is 6.09. The first-order valence-corrected chi connectivity index (χ1v) is 9.97. The molecule has 4 nitrogen and oxygen atoms in total. The predicted molar refractivity (Wildman–Crippen MR) is 88.1 cm³/mol. The minimum Gasteiger partial charge on any atom is -0.338 e. The smallest absolute Gasteiger partial charge is 0.227 e. The molecule has 23 heavy (non-hydrogen) atoms. The lowest BCUT2D eigenvalue weighted by Crippen LogP contribution is -2.37. The number of rotatable bonds is 7. The molecule has 128 valence electrons. The molecule has 0 bridgehead atoms. The number of nitrogens with zero attached hydrogens (tertiary/aromatic N) is 1. The van der Waals surface area contributed by atoms with Gasteiger partial charge < -0.3 is 4.90 Å². The van der Waals surface area contributed by atoms with Gasteiger partial charge in [-0.05, 0) is 30.5 Å². The first kappa shape index (κ1) is 17.9. The second kappa shape index (κ2) is 7.90. The number of benzene rings is 1. The lowest BCUT2D eigenvalue weighted by atomic mass is 10.1. The highest BCUT2D eigenvalue weighted by Gasteiger charge is 2.35. The van der Waals surface area contributed by atoms with Crippen molar-refractivity contribution < 1.29 is 17.6 Å². The van der Waals surface area contributed by atoms with Crippen LogP contribution in [0.25, 0.3) is 0 Å². The highest BCUT2D eigenvalue weighted by atomic mass is 32.2. The summed E-state index contributed by atoms with van der Waals surface area (Å²) in [7, 11) is -3.07. The van der Waals surface area contributed by atoms with Crippen molar-refractivity contribution >= 4 is 15.7 Å².